The Bertz CT molecular complexity index is 1140. The Morgan fingerprint density at radius 2 is 1.56 bits per heavy atom. The van der Waals surface area contributed by atoms with Gasteiger partial charge in [0.25, 0.3) is 0 Å². The maximum absolute atomic E-state index is 8.97. The summed E-state index contributed by atoms with van der Waals surface area (Å²) in [5.41, 5.74) is 6.32. The van der Waals surface area contributed by atoms with Crippen LogP contribution in [0.15, 0.2) is 72.8 Å². The minimum absolute atomic E-state index is 0.733. The number of nitriles is 1. The summed E-state index contributed by atoms with van der Waals surface area (Å²) >= 11 is 0. The Labute approximate surface area is 216 Å². The van der Waals surface area contributed by atoms with Crippen molar-refractivity contribution >= 4 is 0 Å². The second-order valence-electron chi connectivity index (χ2n) is 10.4. The van der Waals surface area contributed by atoms with Crippen LogP contribution in [0.1, 0.15) is 53.5 Å². The zero-order valence-electron chi connectivity index (χ0n) is 21.2. The number of hydrogen-bond donors (Lipinski definition) is 0. The molecule has 0 saturated carbocycles. The zero-order valence-corrected chi connectivity index (χ0v) is 21.2. The molecular formula is C32H37N3O. The van der Waals surface area contributed by atoms with Gasteiger partial charge in [-0.2, -0.15) is 5.26 Å². The maximum Gasteiger partial charge on any atom is 0.119 e. The van der Waals surface area contributed by atoms with E-state index in [1.165, 1.54) is 41.5 Å². The molecule has 1 fully saturated rings. The molecule has 4 heteroatoms. The van der Waals surface area contributed by atoms with Gasteiger partial charge in [0.2, 0.25) is 0 Å². The van der Waals surface area contributed by atoms with Crippen molar-refractivity contribution in [2.45, 2.75) is 51.7 Å². The van der Waals surface area contributed by atoms with Crippen molar-refractivity contribution in [3.05, 3.63) is 101 Å². The molecule has 2 aliphatic rings. The molecule has 0 aromatic heterocycles. The minimum Gasteiger partial charge on any atom is -0.494 e. The van der Waals surface area contributed by atoms with Gasteiger partial charge in [-0.05, 0) is 104 Å². The number of fused-ring (bicyclic) bond motifs is 1. The molecule has 186 valence electrons. The van der Waals surface area contributed by atoms with Crippen molar-refractivity contribution in [1.82, 2.24) is 9.80 Å². The highest BCUT2D eigenvalue weighted by Gasteiger charge is 2.20. The first-order valence-corrected chi connectivity index (χ1v) is 13.5. The average molecular weight is 480 g/mol. The predicted octanol–water partition coefficient (Wildman–Crippen LogP) is 6.19. The van der Waals surface area contributed by atoms with E-state index in [2.05, 4.69) is 76.5 Å². The van der Waals surface area contributed by atoms with Gasteiger partial charge in [-0.25, -0.2) is 0 Å². The normalized spacial score (nSPS) is 17.2. The molecule has 2 heterocycles. The highest BCUT2D eigenvalue weighted by atomic mass is 16.5. The monoisotopic (exact) mass is 479 g/mol. The van der Waals surface area contributed by atoms with E-state index >= 15 is 0 Å². The summed E-state index contributed by atoms with van der Waals surface area (Å²) < 4.78 is 6.26. The van der Waals surface area contributed by atoms with Gasteiger partial charge in [0, 0.05) is 19.6 Å². The first kappa shape index (κ1) is 24.6. The molecule has 36 heavy (non-hydrogen) atoms. The fraction of sp³-hybridized carbons (Fsp3) is 0.406. The molecule has 5 rings (SSSR count). The van der Waals surface area contributed by atoms with Crippen molar-refractivity contribution in [1.29, 1.82) is 5.26 Å². The smallest absolute Gasteiger partial charge is 0.119 e. The predicted molar refractivity (Wildman–Crippen MR) is 145 cm³/mol. The van der Waals surface area contributed by atoms with Gasteiger partial charge in [0.1, 0.15) is 5.75 Å². The molecule has 4 nitrogen and oxygen atoms in total. The lowest BCUT2D eigenvalue weighted by Gasteiger charge is -2.32. The van der Waals surface area contributed by atoms with Gasteiger partial charge < -0.3 is 4.74 Å². The van der Waals surface area contributed by atoms with Crippen molar-refractivity contribution in [2.75, 3.05) is 26.2 Å². The summed E-state index contributed by atoms with van der Waals surface area (Å²) in [5, 5.41) is 8.97. The van der Waals surface area contributed by atoms with Crippen LogP contribution in [-0.4, -0.2) is 36.0 Å². The van der Waals surface area contributed by atoms with Gasteiger partial charge in [0.05, 0.1) is 18.2 Å². The minimum atomic E-state index is 0.733. The van der Waals surface area contributed by atoms with E-state index in [0.717, 1.165) is 75.9 Å². The van der Waals surface area contributed by atoms with Crippen LogP contribution >= 0.6 is 0 Å². The van der Waals surface area contributed by atoms with Gasteiger partial charge >= 0.3 is 0 Å². The Morgan fingerprint density at radius 3 is 2.33 bits per heavy atom. The van der Waals surface area contributed by atoms with E-state index in [-0.39, 0.29) is 0 Å². The lowest BCUT2D eigenvalue weighted by Crippen LogP contribution is -2.33. The van der Waals surface area contributed by atoms with E-state index in [0.29, 0.717) is 0 Å². The molecule has 0 N–H and O–H groups in total. The second kappa shape index (κ2) is 12.2. The van der Waals surface area contributed by atoms with Crippen LogP contribution in [0.2, 0.25) is 0 Å². The molecule has 0 radical (unpaired) electrons. The average Bonchev–Trinajstić information content (AvgIpc) is 3.12. The summed E-state index contributed by atoms with van der Waals surface area (Å²) in [4.78, 5) is 5.10. The van der Waals surface area contributed by atoms with Crippen molar-refractivity contribution in [3.8, 4) is 11.8 Å². The third-order valence-corrected chi connectivity index (χ3v) is 7.73. The van der Waals surface area contributed by atoms with Crippen LogP contribution in [0.3, 0.4) is 0 Å². The van der Waals surface area contributed by atoms with Crippen LogP contribution < -0.4 is 4.74 Å². The fourth-order valence-corrected chi connectivity index (χ4v) is 5.59. The standard InChI is InChI=1S/C32H37N3O/c33-22-27-8-10-29(11-9-27)23-34-18-14-26(15-19-34)16-20-36-32-13-12-30-7-4-17-35(25-31(30)21-32)24-28-5-2-1-3-6-28/h1-3,5-6,8-13,21,26H,4,7,14-20,23-25H2. The Morgan fingerprint density at radius 1 is 0.806 bits per heavy atom. The molecule has 3 aromatic rings. The Hall–Kier alpha value is -3.13. The van der Waals surface area contributed by atoms with E-state index in [1.54, 1.807) is 0 Å². The Balaban J connectivity index is 1.07. The third-order valence-electron chi connectivity index (χ3n) is 7.73. The van der Waals surface area contributed by atoms with Crippen molar-refractivity contribution < 1.29 is 4.74 Å². The maximum atomic E-state index is 8.97. The first-order valence-electron chi connectivity index (χ1n) is 13.5. The quantitative estimate of drug-likeness (QED) is 0.386. The highest BCUT2D eigenvalue weighted by Crippen LogP contribution is 2.26. The fourth-order valence-electron chi connectivity index (χ4n) is 5.59. The number of piperidine rings is 1. The molecular weight excluding hydrogens is 442 g/mol. The molecule has 2 aliphatic heterocycles. The third kappa shape index (κ3) is 6.75. The van der Waals surface area contributed by atoms with Crippen LogP contribution in [0.25, 0.3) is 0 Å². The molecule has 1 saturated heterocycles. The summed E-state index contributed by atoms with van der Waals surface area (Å²) in [6.07, 6.45) is 5.96. The lowest BCUT2D eigenvalue weighted by molar-refractivity contribution is 0.157. The molecule has 0 aliphatic carbocycles. The van der Waals surface area contributed by atoms with Crippen LogP contribution in [0, 0.1) is 17.2 Å². The van der Waals surface area contributed by atoms with Crippen LogP contribution in [0.4, 0.5) is 0 Å². The number of nitrogens with zero attached hydrogens (tertiary/aromatic N) is 3. The molecule has 0 atom stereocenters. The number of hydrogen-bond acceptors (Lipinski definition) is 4. The second-order valence-corrected chi connectivity index (χ2v) is 10.4. The summed E-state index contributed by atoms with van der Waals surface area (Å²) in [7, 11) is 0. The molecule has 0 spiro atoms. The van der Waals surface area contributed by atoms with Gasteiger partial charge in [-0.1, -0.05) is 48.5 Å². The summed E-state index contributed by atoms with van der Waals surface area (Å²) in [6.45, 7) is 7.21. The van der Waals surface area contributed by atoms with Crippen molar-refractivity contribution in [2.24, 2.45) is 5.92 Å². The molecule has 0 unspecified atom stereocenters. The number of aryl methyl sites for hydroxylation is 1. The number of benzene rings is 3. The van der Waals surface area contributed by atoms with Gasteiger partial charge in [-0.3, -0.25) is 9.80 Å². The van der Waals surface area contributed by atoms with E-state index in [4.69, 9.17) is 10.00 Å². The number of rotatable bonds is 8. The Kier molecular flexibility index (Phi) is 8.33. The van der Waals surface area contributed by atoms with E-state index < -0.39 is 0 Å². The number of ether oxygens (including phenoxy) is 1. The molecule has 0 bridgehead atoms. The van der Waals surface area contributed by atoms with Crippen LogP contribution in [0.5, 0.6) is 5.75 Å². The first-order chi connectivity index (χ1) is 17.7. The SMILES string of the molecule is N#Cc1ccc(CN2CCC(CCOc3ccc4c(c3)CN(Cc3ccccc3)CCC4)CC2)cc1. The molecule has 0 amide bonds. The van der Waals surface area contributed by atoms with E-state index in [1.807, 2.05) is 12.1 Å². The van der Waals surface area contributed by atoms with Crippen molar-refractivity contribution in [3.63, 3.8) is 0 Å². The van der Waals surface area contributed by atoms with Gasteiger partial charge in [0.15, 0.2) is 0 Å². The summed E-state index contributed by atoms with van der Waals surface area (Å²) in [6, 6.07) is 27.8. The topological polar surface area (TPSA) is 39.5 Å². The lowest BCUT2D eigenvalue weighted by atomic mass is 9.93. The highest BCUT2D eigenvalue weighted by molar-refractivity contribution is 5.36. The zero-order chi connectivity index (χ0) is 24.6. The van der Waals surface area contributed by atoms with E-state index in [9.17, 15) is 0 Å². The van der Waals surface area contributed by atoms with Crippen LogP contribution in [-0.2, 0) is 26.1 Å². The molecule has 3 aromatic carbocycles. The largest absolute Gasteiger partial charge is 0.494 e. The number of likely N-dealkylation sites (tertiary alicyclic amines) is 1. The summed E-state index contributed by atoms with van der Waals surface area (Å²) in [5.74, 6) is 1.76. The van der Waals surface area contributed by atoms with Gasteiger partial charge in [-0.15, -0.1) is 0 Å².